The van der Waals surface area contributed by atoms with Crippen LogP contribution in [-0.4, -0.2) is 30.1 Å². The van der Waals surface area contributed by atoms with Crippen LogP contribution in [0.15, 0.2) is 24.7 Å². The van der Waals surface area contributed by atoms with Crippen LogP contribution >= 0.6 is 11.6 Å². The Kier molecular flexibility index (Phi) is 4.47. The molecule has 0 aliphatic rings. The van der Waals surface area contributed by atoms with E-state index in [-0.39, 0.29) is 5.91 Å². The highest BCUT2D eigenvalue weighted by molar-refractivity contribution is 6.32. The second-order valence-corrected chi connectivity index (χ2v) is 4.36. The van der Waals surface area contributed by atoms with Crippen LogP contribution in [0.2, 0.25) is 5.02 Å². The van der Waals surface area contributed by atoms with Crippen LogP contribution in [0.5, 0.6) is 11.5 Å². The molecule has 6 nitrogen and oxygen atoms in total. The highest BCUT2D eigenvalue weighted by Crippen LogP contribution is 2.35. The zero-order valence-corrected chi connectivity index (χ0v) is 11.8. The van der Waals surface area contributed by atoms with E-state index in [1.54, 1.807) is 18.6 Å². The number of amides is 1. The van der Waals surface area contributed by atoms with Crippen LogP contribution in [0.1, 0.15) is 16.1 Å². The monoisotopic (exact) mass is 295 g/mol. The van der Waals surface area contributed by atoms with E-state index in [4.69, 9.17) is 21.1 Å². The van der Waals surface area contributed by atoms with E-state index in [1.165, 1.54) is 20.3 Å². The van der Waals surface area contributed by atoms with Crippen LogP contribution in [-0.2, 0) is 6.54 Å². The van der Waals surface area contributed by atoms with Gasteiger partial charge in [-0.3, -0.25) is 4.79 Å². The van der Waals surface area contributed by atoms with E-state index in [0.29, 0.717) is 28.6 Å². The van der Waals surface area contributed by atoms with Crippen molar-refractivity contribution in [3.63, 3.8) is 0 Å². The van der Waals surface area contributed by atoms with Crippen molar-refractivity contribution in [1.29, 1.82) is 0 Å². The lowest BCUT2D eigenvalue weighted by Gasteiger charge is -2.11. The molecule has 106 valence electrons. The lowest BCUT2D eigenvalue weighted by Crippen LogP contribution is -2.23. The van der Waals surface area contributed by atoms with Gasteiger partial charge in [0.2, 0.25) is 0 Å². The number of ether oxygens (including phenoxy) is 2. The van der Waals surface area contributed by atoms with Crippen molar-refractivity contribution < 1.29 is 14.3 Å². The zero-order chi connectivity index (χ0) is 14.5. The number of hydrogen-bond donors (Lipinski definition) is 2. The van der Waals surface area contributed by atoms with E-state index in [1.807, 2.05) is 0 Å². The number of H-pyrrole nitrogens is 1. The molecular weight excluding hydrogens is 282 g/mol. The molecule has 0 bridgehead atoms. The molecule has 0 atom stereocenters. The lowest BCUT2D eigenvalue weighted by molar-refractivity contribution is 0.0950. The van der Waals surface area contributed by atoms with Gasteiger partial charge in [-0.05, 0) is 12.1 Å². The SMILES string of the molecule is COc1cc(C(=O)NCc2cnc[nH]2)cc(Cl)c1OC. The first kappa shape index (κ1) is 14.2. The summed E-state index contributed by atoms with van der Waals surface area (Å²) in [7, 11) is 2.97. The summed E-state index contributed by atoms with van der Waals surface area (Å²) in [6, 6.07) is 3.11. The lowest BCUT2D eigenvalue weighted by atomic mass is 10.2. The van der Waals surface area contributed by atoms with Crippen molar-refractivity contribution in [3.05, 3.63) is 40.9 Å². The molecule has 0 saturated carbocycles. The maximum atomic E-state index is 12.1. The average Bonchev–Trinajstić information content (AvgIpc) is 2.97. The largest absolute Gasteiger partial charge is 0.493 e. The molecule has 20 heavy (non-hydrogen) atoms. The molecular formula is C13H14ClN3O3. The minimum Gasteiger partial charge on any atom is -0.493 e. The third-order valence-electron chi connectivity index (χ3n) is 2.69. The number of nitrogens with zero attached hydrogens (tertiary/aromatic N) is 1. The summed E-state index contributed by atoms with van der Waals surface area (Å²) < 4.78 is 10.3. The molecule has 1 aromatic heterocycles. The van der Waals surface area contributed by atoms with Gasteiger partial charge in [0, 0.05) is 11.8 Å². The number of nitrogens with one attached hydrogen (secondary N) is 2. The van der Waals surface area contributed by atoms with Crippen LogP contribution in [0.25, 0.3) is 0 Å². The summed E-state index contributed by atoms with van der Waals surface area (Å²) in [5, 5.41) is 3.07. The number of carbonyl (C=O) groups is 1. The Morgan fingerprint density at radius 2 is 2.20 bits per heavy atom. The number of hydrogen-bond acceptors (Lipinski definition) is 4. The van der Waals surface area contributed by atoms with Gasteiger partial charge in [-0.15, -0.1) is 0 Å². The molecule has 1 aromatic carbocycles. The zero-order valence-electron chi connectivity index (χ0n) is 11.1. The van der Waals surface area contributed by atoms with Gasteiger partial charge in [0.1, 0.15) is 0 Å². The molecule has 2 aromatic rings. The Morgan fingerprint density at radius 1 is 1.40 bits per heavy atom. The highest BCUT2D eigenvalue weighted by atomic mass is 35.5. The van der Waals surface area contributed by atoms with Crippen LogP contribution < -0.4 is 14.8 Å². The summed E-state index contributed by atoms with van der Waals surface area (Å²) in [6.07, 6.45) is 3.19. The molecule has 0 spiro atoms. The first-order valence-corrected chi connectivity index (χ1v) is 6.20. The Bertz CT molecular complexity index is 599. The number of benzene rings is 1. The maximum absolute atomic E-state index is 12.1. The number of methoxy groups -OCH3 is 2. The minimum atomic E-state index is -0.262. The second kappa shape index (κ2) is 6.29. The van der Waals surface area contributed by atoms with Crippen LogP contribution in [0.3, 0.4) is 0 Å². The van der Waals surface area contributed by atoms with Crippen LogP contribution in [0.4, 0.5) is 0 Å². The molecule has 0 unspecified atom stereocenters. The van der Waals surface area contributed by atoms with Gasteiger partial charge in [-0.1, -0.05) is 11.6 Å². The topological polar surface area (TPSA) is 76.2 Å². The van der Waals surface area contributed by atoms with Crippen molar-refractivity contribution in [2.24, 2.45) is 0 Å². The van der Waals surface area contributed by atoms with Gasteiger partial charge in [0.25, 0.3) is 5.91 Å². The van der Waals surface area contributed by atoms with Gasteiger partial charge in [-0.2, -0.15) is 0 Å². The molecule has 0 saturated heterocycles. The van der Waals surface area contributed by atoms with Crippen molar-refractivity contribution >= 4 is 17.5 Å². The van der Waals surface area contributed by atoms with E-state index >= 15 is 0 Å². The fourth-order valence-electron chi connectivity index (χ4n) is 1.71. The Balaban J connectivity index is 2.15. The minimum absolute atomic E-state index is 0.262. The fourth-order valence-corrected chi connectivity index (χ4v) is 2.00. The normalized spacial score (nSPS) is 10.2. The van der Waals surface area contributed by atoms with Gasteiger partial charge >= 0.3 is 0 Å². The summed E-state index contributed by atoms with van der Waals surface area (Å²) in [5.74, 6) is 0.549. The van der Waals surface area contributed by atoms with E-state index < -0.39 is 0 Å². The Hall–Kier alpha value is -2.21. The number of halogens is 1. The summed E-state index contributed by atoms with van der Waals surface area (Å²) in [5.41, 5.74) is 1.21. The Morgan fingerprint density at radius 3 is 2.80 bits per heavy atom. The van der Waals surface area contributed by atoms with Crippen molar-refractivity contribution in [2.75, 3.05) is 14.2 Å². The Labute approximate surface area is 121 Å². The van der Waals surface area contributed by atoms with Crippen molar-refractivity contribution in [1.82, 2.24) is 15.3 Å². The highest BCUT2D eigenvalue weighted by Gasteiger charge is 2.15. The van der Waals surface area contributed by atoms with Crippen molar-refractivity contribution in [2.45, 2.75) is 6.54 Å². The smallest absolute Gasteiger partial charge is 0.251 e. The van der Waals surface area contributed by atoms with Gasteiger partial charge in [-0.25, -0.2) is 4.98 Å². The molecule has 2 rings (SSSR count). The molecule has 0 fully saturated rings. The number of aromatic amines is 1. The van der Waals surface area contributed by atoms with E-state index in [9.17, 15) is 4.79 Å². The predicted molar refractivity (Wildman–Crippen MR) is 74.3 cm³/mol. The molecule has 0 radical (unpaired) electrons. The van der Waals surface area contributed by atoms with Gasteiger partial charge < -0.3 is 19.8 Å². The summed E-state index contributed by atoms with van der Waals surface area (Å²) in [6.45, 7) is 0.352. The quantitative estimate of drug-likeness (QED) is 0.885. The third kappa shape index (κ3) is 3.03. The first-order valence-electron chi connectivity index (χ1n) is 5.82. The van der Waals surface area contributed by atoms with Gasteiger partial charge in [0.15, 0.2) is 11.5 Å². The molecule has 1 heterocycles. The number of carbonyl (C=O) groups excluding carboxylic acids is 1. The summed E-state index contributed by atoms with van der Waals surface area (Å²) in [4.78, 5) is 18.8. The van der Waals surface area contributed by atoms with E-state index in [0.717, 1.165) is 5.69 Å². The van der Waals surface area contributed by atoms with Crippen molar-refractivity contribution in [3.8, 4) is 11.5 Å². The van der Waals surface area contributed by atoms with Crippen LogP contribution in [0, 0.1) is 0 Å². The first-order chi connectivity index (χ1) is 9.65. The predicted octanol–water partition coefficient (Wildman–Crippen LogP) is 2.01. The standard InChI is InChI=1S/C13H14ClN3O3/c1-19-11-4-8(3-10(14)12(11)20-2)13(18)16-6-9-5-15-7-17-9/h3-5,7H,6H2,1-2H3,(H,15,17)(H,16,18). The average molecular weight is 296 g/mol. The fraction of sp³-hybridized carbons (Fsp3) is 0.231. The summed E-state index contributed by atoms with van der Waals surface area (Å²) >= 11 is 6.06. The number of imidazole rings is 1. The third-order valence-corrected chi connectivity index (χ3v) is 2.97. The number of rotatable bonds is 5. The maximum Gasteiger partial charge on any atom is 0.251 e. The molecule has 2 N–H and O–H groups in total. The molecule has 0 aliphatic carbocycles. The van der Waals surface area contributed by atoms with Gasteiger partial charge in [0.05, 0.1) is 37.8 Å². The number of aromatic nitrogens is 2. The molecule has 0 aliphatic heterocycles. The molecule has 7 heteroatoms. The van der Waals surface area contributed by atoms with E-state index in [2.05, 4.69) is 15.3 Å². The molecule has 1 amide bonds. The second-order valence-electron chi connectivity index (χ2n) is 3.95.